The Balaban J connectivity index is 1.96. The standard InChI is InChI=1S/C27H31NO6/c1-19(30)28-23(17-29)25(32)26(33)24(31)18-34-27(20-11-5-2-6-12-20,21-13-7-3-8-14-21)22-15-9-4-10-16-22/h2-16,23-26,29,31-33H,17-18H2,1H3,(H,28,30)/t23-,24?,25?,26?/m1/s1. The number of ether oxygens (including phenoxy) is 1. The molecule has 0 heterocycles. The zero-order valence-electron chi connectivity index (χ0n) is 19.0. The molecule has 0 aromatic heterocycles. The first kappa shape index (κ1) is 25.6. The maximum atomic E-state index is 11.3. The Hall–Kier alpha value is -3.07. The van der Waals surface area contributed by atoms with Crippen molar-refractivity contribution in [1.82, 2.24) is 5.32 Å². The fourth-order valence-electron chi connectivity index (χ4n) is 4.04. The summed E-state index contributed by atoms with van der Waals surface area (Å²) in [7, 11) is 0. The van der Waals surface area contributed by atoms with Crippen LogP contribution in [0.2, 0.25) is 0 Å². The summed E-state index contributed by atoms with van der Waals surface area (Å²) in [5.74, 6) is -0.479. The van der Waals surface area contributed by atoms with Gasteiger partial charge in [0.1, 0.15) is 23.9 Å². The molecule has 0 spiro atoms. The summed E-state index contributed by atoms with van der Waals surface area (Å²) in [6, 6.07) is 27.5. The molecule has 3 aromatic rings. The van der Waals surface area contributed by atoms with Gasteiger partial charge in [-0.1, -0.05) is 91.0 Å². The zero-order chi connectivity index (χ0) is 24.6. The zero-order valence-corrected chi connectivity index (χ0v) is 19.0. The molecule has 0 saturated carbocycles. The Kier molecular flexibility index (Phi) is 8.92. The molecule has 4 atom stereocenters. The summed E-state index contributed by atoms with van der Waals surface area (Å²) in [5.41, 5.74) is 1.35. The smallest absolute Gasteiger partial charge is 0.217 e. The first-order valence-electron chi connectivity index (χ1n) is 11.1. The van der Waals surface area contributed by atoms with Crippen molar-refractivity contribution in [3.8, 4) is 0 Å². The molecule has 0 fully saturated rings. The fraction of sp³-hybridized carbons (Fsp3) is 0.296. The number of hydrogen-bond donors (Lipinski definition) is 5. The van der Waals surface area contributed by atoms with E-state index in [1.54, 1.807) is 0 Å². The Morgan fingerprint density at radius 1 is 0.794 bits per heavy atom. The lowest BCUT2D eigenvalue weighted by Gasteiger charge is -2.37. The van der Waals surface area contributed by atoms with Gasteiger partial charge in [0.25, 0.3) is 0 Å². The van der Waals surface area contributed by atoms with E-state index in [4.69, 9.17) is 4.74 Å². The highest BCUT2D eigenvalue weighted by Crippen LogP contribution is 2.40. The molecular weight excluding hydrogens is 434 g/mol. The predicted molar refractivity (Wildman–Crippen MR) is 128 cm³/mol. The minimum absolute atomic E-state index is 0.338. The third kappa shape index (κ3) is 5.70. The average molecular weight is 466 g/mol. The molecule has 5 N–H and O–H groups in total. The summed E-state index contributed by atoms with van der Waals surface area (Å²) in [5, 5.41) is 43.6. The van der Waals surface area contributed by atoms with Gasteiger partial charge < -0.3 is 30.5 Å². The first-order chi connectivity index (χ1) is 16.4. The van der Waals surface area contributed by atoms with Crippen LogP contribution in [0.1, 0.15) is 23.6 Å². The lowest BCUT2D eigenvalue weighted by atomic mass is 9.80. The van der Waals surface area contributed by atoms with E-state index in [-0.39, 0.29) is 6.61 Å². The van der Waals surface area contributed by atoms with Gasteiger partial charge in [-0.3, -0.25) is 4.79 Å². The molecule has 0 bridgehead atoms. The maximum absolute atomic E-state index is 11.3. The number of benzene rings is 3. The number of hydrogen-bond acceptors (Lipinski definition) is 6. The van der Waals surface area contributed by atoms with E-state index in [1.165, 1.54) is 6.92 Å². The quantitative estimate of drug-likeness (QED) is 0.274. The van der Waals surface area contributed by atoms with Crippen LogP contribution < -0.4 is 5.32 Å². The van der Waals surface area contributed by atoms with Gasteiger partial charge in [-0.15, -0.1) is 0 Å². The lowest BCUT2D eigenvalue weighted by molar-refractivity contribution is -0.129. The third-order valence-corrected chi connectivity index (χ3v) is 5.75. The Labute approximate surface area is 199 Å². The van der Waals surface area contributed by atoms with E-state index in [0.29, 0.717) is 0 Å². The van der Waals surface area contributed by atoms with E-state index in [0.717, 1.165) is 16.7 Å². The summed E-state index contributed by atoms with van der Waals surface area (Å²) < 4.78 is 6.44. The molecule has 0 saturated heterocycles. The van der Waals surface area contributed by atoms with Crippen molar-refractivity contribution in [2.24, 2.45) is 0 Å². The Morgan fingerprint density at radius 3 is 1.56 bits per heavy atom. The number of rotatable bonds is 11. The summed E-state index contributed by atoms with van der Waals surface area (Å²) >= 11 is 0. The van der Waals surface area contributed by atoms with Crippen LogP contribution in [0, 0.1) is 0 Å². The molecule has 7 nitrogen and oxygen atoms in total. The third-order valence-electron chi connectivity index (χ3n) is 5.75. The van der Waals surface area contributed by atoms with E-state index >= 15 is 0 Å². The molecule has 0 radical (unpaired) electrons. The van der Waals surface area contributed by atoms with Crippen molar-refractivity contribution >= 4 is 5.91 Å². The van der Waals surface area contributed by atoms with Crippen LogP contribution in [-0.4, -0.2) is 63.9 Å². The van der Waals surface area contributed by atoms with Gasteiger partial charge in [0, 0.05) is 6.92 Å². The van der Waals surface area contributed by atoms with Gasteiger partial charge in [-0.05, 0) is 16.7 Å². The first-order valence-corrected chi connectivity index (χ1v) is 11.1. The van der Waals surface area contributed by atoms with Gasteiger partial charge in [0.2, 0.25) is 5.91 Å². The molecule has 7 heteroatoms. The van der Waals surface area contributed by atoms with E-state index in [1.807, 2.05) is 91.0 Å². The van der Waals surface area contributed by atoms with Gasteiger partial charge in [0.05, 0.1) is 19.3 Å². The number of amides is 1. The van der Waals surface area contributed by atoms with Gasteiger partial charge >= 0.3 is 0 Å². The van der Waals surface area contributed by atoms with Crippen LogP contribution in [0.3, 0.4) is 0 Å². The van der Waals surface area contributed by atoms with Crippen molar-refractivity contribution < 1.29 is 30.0 Å². The van der Waals surface area contributed by atoms with Crippen LogP contribution in [0.15, 0.2) is 91.0 Å². The topological polar surface area (TPSA) is 119 Å². The summed E-state index contributed by atoms with van der Waals surface area (Å²) in [4.78, 5) is 11.3. The fourth-order valence-corrected chi connectivity index (χ4v) is 4.04. The average Bonchev–Trinajstić information content (AvgIpc) is 2.88. The molecule has 0 aliphatic rings. The number of nitrogens with one attached hydrogen (secondary N) is 1. The van der Waals surface area contributed by atoms with Crippen LogP contribution in [0.25, 0.3) is 0 Å². The Bertz CT molecular complexity index is 918. The van der Waals surface area contributed by atoms with Crippen LogP contribution in [0.5, 0.6) is 0 Å². The number of aliphatic hydroxyl groups excluding tert-OH is 4. The van der Waals surface area contributed by atoms with Gasteiger partial charge in [0.15, 0.2) is 0 Å². The molecular formula is C27H31NO6. The highest BCUT2D eigenvalue weighted by atomic mass is 16.5. The molecule has 3 unspecified atom stereocenters. The van der Waals surface area contributed by atoms with Crippen molar-refractivity contribution in [3.05, 3.63) is 108 Å². The summed E-state index contributed by atoms with van der Waals surface area (Å²) in [6.07, 6.45) is -4.79. The van der Waals surface area contributed by atoms with Gasteiger partial charge in [-0.2, -0.15) is 0 Å². The highest BCUT2D eigenvalue weighted by molar-refractivity contribution is 5.73. The minimum atomic E-state index is -1.68. The second-order valence-corrected chi connectivity index (χ2v) is 8.13. The van der Waals surface area contributed by atoms with Crippen molar-refractivity contribution in [1.29, 1.82) is 0 Å². The van der Waals surface area contributed by atoms with E-state index in [2.05, 4.69) is 5.32 Å². The monoisotopic (exact) mass is 465 g/mol. The predicted octanol–water partition coefficient (Wildman–Crippen LogP) is 1.57. The molecule has 0 aliphatic carbocycles. The van der Waals surface area contributed by atoms with Crippen molar-refractivity contribution in [2.45, 2.75) is 36.9 Å². The van der Waals surface area contributed by atoms with Gasteiger partial charge in [-0.25, -0.2) is 0 Å². The molecule has 1 amide bonds. The second kappa shape index (κ2) is 11.9. The lowest BCUT2D eigenvalue weighted by Crippen LogP contribution is -2.54. The molecule has 3 aromatic carbocycles. The van der Waals surface area contributed by atoms with Crippen LogP contribution >= 0.6 is 0 Å². The second-order valence-electron chi connectivity index (χ2n) is 8.13. The molecule has 180 valence electrons. The number of carbonyl (C=O) groups is 1. The van der Waals surface area contributed by atoms with Crippen LogP contribution in [-0.2, 0) is 15.1 Å². The molecule has 3 rings (SSSR count). The van der Waals surface area contributed by atoms with E-state index in [9.17, 15) is 25.2 Å². The highest BCUT2D eigenvalue weighted by Gasteiger charge is 2.40. The number of carbonyl (C=O) groups excluding carboxylic acids is 1. The molecule has 0 aliphatic heterocycles. The minimum Gasteiger partial charge on any atom is -0.394 e. The summed E-state index contributed by atoms with van der Waals surface area (Å²) in [6.45, 7) is 0.289. The van der Waals surface area contributed by atoms with Crippen molar-refractivity contribution in [3.63, 3.8) is 0 Å². The largest absolute Gasteiger partial charge is 0.394 e. The SMILES string of the molecule is CC(=O)N[C@H](CO)C(O)C(O)C(O)COC(c1ccccc1)(c1ccccc1)c1ccccc1. The Morgan fingerprint density at radius 2 is 1.21 bits per heavy atom. The van der Waals surface area contributed by atoms with Crippen molar-refractivity contribution in [2.75, 3.05) is 13.2 Å². The van der Waals surface area contributed by atoms with E-state index < -0.39 is 42.5 Å². The number of aliphatic hydroxyl groups is 4. The normalized spacial score (nSPS) is 15.2. The van der Waals surface area contributed by atoms with Crippen LogP contribution in [0.4, 0.5) is 0 Å². The molecule has 34 heavy (non-hydrogen) atoms. The maximum Gasteiger partial charge on any atom is 0.217 e.